The molecule has 0 atom stereocenters. The molecule has 0 aromatic carbocycles. The van der Waals surface area contributed by atoms with E-state index in [1.807, 2.05) is 12.3 Å². The number of hydrogen-bond donors (Lipinski definition) is 1. The zero-order valence-corrected chi connectivity index (χ0v) is 11.6. The normalized spacial score (nSPS) is 15.7. The topological polar surface area (TPSA) is 50.2 Å². The molecule has 1 saturated heterocycles. The van der Waals surface area contributed by atoms with Gasteiger partial charge in [0.1, 0.15) is 0 Å². The maximum absolute atomic E-state index is 11.7. The van der Waals surface area contributed by atoms with E-state index in [1.54, 1.807) is 35.2 Å². The molecule has 1 aliphatic heterocycles. The maximum atomic E-state index is 11.7. The van der Waals surface area contributed by atoms with Gasteiger partial charge in [0.15, 0.2) is 5.13 Å². The van der Waals surface area contributed by atoms with E-state index in [-0.39, 0.29) is 5.56 Å². The molecule has 0 radical (unpaired) electrons. The van der Waals surface area contributed by atoms with Gasteiger partial charge in [0.2, 0.25) is 0 Å². The second-order valence-corrected chi connectivity index (χ2v) is 5.62. The summed E-state index contributed by atoms with van der Waals surface area (Å²) in [6, 6.07) is 3.62. The largest absolute Gasteiger partial charge is 0.346 e. The Bertz CT molecular complexity index is 628. The highest BCUT2D eigenvalue weighted by molar-refractivity contribution is 7.18. The van der Waals surface area contributed by atoms with E-state index >= 15 is 0 Å². The molecule has 1 N–H and O–H groups in total. The lowest BCUT2D eigenvalue weighted by Crippen LogP contribution is -2.43. The van der Waals surface area contributed by atoms with E-state index in [9.17, 15) is 4.79 Å². The van der Waals surface area contributed by atoms with Crippen LogP contribution in [-0.4, -0.2) is 35.7 Å². The van der Waals surface area contributed by atoms with Crippen molar-refractivity contribution >= 4 is 16.5 Å². The van der Waals surface area contributed by atoms with Gasteiger partial charge in [-0.3, -0.25) is 4.79 Å². The van der Waals surface area contributed by atoms with Gasteiger partial charge in [-0.1, -0.05) is 11.3 Å². The molecule has 5 nitrogen and oxygen atoms in total. The fourth-order valence-corrected chi connectivity index (χ4v) is 3.07. The lowest BCUT2D eigenvalue weighted by atomic mass is 10.2. The first-order valence-corrected chi connectivity index (χ1v) is 7.14. The highest BCUT2D eigenvalue weighted by atomic mass is 32.1. The van der Waals surface area contributed by atoms with Crippen molar-refractivity contribution in [3.8, 4) is 10.4 Å². The molecule has 0 amide bonds. The minimum atomic E-state index is 0.00891. The average molecular weight is 276 g/mol. The number of aryl methyl sites for hydroxylation is 1. The standard InChI is InChI=1S/C13H16N4OS/c1-16-5-2-10(8-12(16)18)11-9-15-13(19-11)17-6-3-14-4-7-17/h2,5,8-9,14H,3-4,6-7H2,1H3. The fourth-order valence-electron chi connectivity index (χ4n) is 2.10. The Labute approximate surface area is 115 Å². The van der Waals surface area contributed by atoms with Gasteiger partial charge in [0, 0.05) is 57.3 Å². The number of thiazole rings is 1. The number of pyridine rings is 1. The smallest absolute Gasteiger partial charge is 0.250 e. The van der Waals surface area contributed by atoms with Gasteiger partial charge in [0.25, 0.3) is 5.56 Å². The molecule has 3 rings (SSSR count). The van der Waals surface area contributed by atoms with Crippen LogP contribution in [0.15, 0.2) is 29.3 Å². The first-order chi connectivity index (χ1) is 9.24. The molecule has 6 heteroatoms. The Balaban J connectivity index is 1.87. The monoisotopic (exact) mass is 276 g/mol. The summed E-state index contributed by atoms with van der Waals surface area (Å²) in [5.41, 5.74) is 0.955. The molecule has 1 fully saturated rings. The second kappa shape index (κ2) is 5.14. The quantitative estimate of drug-likeness (QED) is 0.886. The Morgan fingerprint density at radius 1 is 1.37 bits per heavy atom. The average Bonchev–Trinajstić information content (AvgIpc) is 2.93. The Morgan fingerprint density at radius 3 is 2.89 bits per heavy atom. The van der Waals surface area contributed by atoms with E-state index < -0.39 is 0 Å². The van der Waals surface area contributed by atoms with Crippen LogP contribution in [0.4, 0.5) is 5.13 Å². The van der Waals surface area contributed by atoms with E-state index in [2.05, 4.69) is 15.2 Å². The van der Waals surface area contributed by atoms with Gasteiger partial charge >= 0.3 is 0 Å². The van der Waals surface area contributed by atoms with Crippen molar-refractivity contribution in [3.05, 3.63) is 34.9 Å². The first kappa shape index (κ1) is 12.4. The summed E-state index contributed by atoms with van der Waals surface area (Å²) >= 11 is 1.65. The third-order valence-corrected chi connectivity index (χ3v) is 4.38. The van der Waals surface area contributed by atoms with Crippen LogP contribution in [0, 0.1) is 0 Å². The van der Waals surface area contributed by atoms with Crippen LogP contribution >= 0.6 is 11.3 Å². The van der Waals surface area contributed by atoms with Crippen LogP contribution in [0.5, 0.6) is 0 Å². The van der Waals surface area contributed by atoms with E-state index in [4.69, 9.17) is 0 Å². The van der Waals surface area contributed by atoms with Gasteiger partial charge in [-0.25, -0.2) is 4.98 Å². The molecule has 1 aliphatic rings. The molecule has 2 aromatic rings. The summed E-state index contributed by atoms with van der Waals surface area (Å²) in [6.07, 6.45) is 3.65. The van der Waals surface area contributed by atoms with Crippen molar-refractivity contribution < 1.29 is 0 Å². The van der Waals surface area contributed by atoms with Gasteiger partial charge in [-0.15, -0.1) is 0 Å². The van der Waals surface area contributed by atoms with Crippen LogP contribution in [0.3, 0.4) is 0 Å². The minimum absolute atomic E-state index is 0.00891. The third kappa shape index (κ3) is 2.54. The zero-order valence-electron chi connectivity index (χ0n) is 10.8. The van der Waals surface area contributed by atoms with Crippen LogP contribution in [0.1, 0.15) is 0 Å². The van der Waals surface area contributed by atoms with Crippen molar-refractivity contribution in [1.82, 2.24) is 14.9 Å². The van der Waals surface area contributed by atoms with Crippen molar-refractivity contribution in [2.75, 3.05) is 31.1 Å². The Kier molecular flexibility index (Phi) is 3.35. The summed E-state index contributed by atoms with van der Waals surface area (Å²) in [6.45, 7) is 3.98. The van der Waals surface area contributed by atoms with Crippen molar-refractivity contribution in [3.63, 3.8) is 0 Å². The van der Waals surface area contributed by atoms with Crippen molar-refractivity contribution in [2.45, 2.75) is 0 Å². The summed E-state index contributed by atoms with van der Waals surface area (Å²) in [7, 11) is 1.75. The van der Waals surface area contributed by atoms with Crippen molar-refractivity contribution in [1.29, 1.82) is 0 Å². The maximum Gasteiger partial charge on any atom is 0.250 e. The van der Waals surface area contributed by atoms with E-state index in [1.165, 1.54) is 0 Å². The number of piperazine rings is 1. The Hall–Kier alpha value is -1.66. The molecule has 2 aromatic heterocycles. The summed E-state index contributed by atoms with van der Waals surface area (Å²) < 4.78 is 1.57. The van der Waals surface area contributed by atoms with Gasteiger partial charge < -0.3 is 14.8 Å². The lowest BCUT2D eigenvalue weighted by Gasteiger charge is -2.26. The number of hydrogen-bond acceptors (Lipinski definition) is 5. The highest BCUT2D eigenvalue weighted by Crippen LogP contribution is 2.30. The molecule has 0 aliphatic carbocycles. The first-order valence-electron chi connectivity index (χ1n) is 6.32. The molecule has 0 bridgehead atoms. The number of aromatic nitrogens is 2. The predicted molar refractivity (Wildman–Crippen MR) is 77.9 cm³/mol. The highest BCUT2D eigenvalue weighted by Gasteiger charge is 2.14. The molecular weight excluding hydrogens is 260 g/mol. The molecule has 100 valence electrons. The zero-order chi connectivity index (χ0) is 13.2. The van der Waals surface area contributed by atoms with Crippen LogP contribution in [0.25, 0.3) is 10.4 Å². The molecule has 0 saturated carbocycles. The summed E-state index contributed by atoms with van der Waals surface area (Å²) in [4.78, 5) is 19.5. The van der Waals surface area contributed by atoms with E-state index in [0.29, 0.717) is 0 Å². The second-order valence-electron chi connectivity index (χ2n) is 4.61. The molecule has 19 heavy (non-hydrogen) atoms. The Morgan fingerprint density at radius 2 is 2.16 bits per heavy atom. The van der Waals surface area contributed by atoms with E-state index in [0.717, 1.165) is 41.8 Å². The summed E-state index contributed by atoms with van der Waals surface area (Å²) in [5.74, 6) is 0. The fraction of sp³-hybridized carbons (Fsp3) is 0.385. The van der Waals surface area contributed by atoms with Gasteiger partial charge in [-0.2, -0.15) is 0 Å². The molecular formula is C13H16N4OS. The van der Waals surface area contributed by atoms with Gasteiger partial charge in [0.05, 0.1) is 4.88 Å². The van der Waals surface area contributed by atoms with Crippen LogP contribution in [-0.2, 0) is 7.05 Å². The van der Waals surface area contributed by atoms with Gasteiger partial charge in [-0.05, 0) is 6.07 Å². The minimum Gasteiger partial charge on any atom is -0.346 e. The molecule has 3 heterocycles. The predicted octanol–water partition coefficient (Wildman–Crippen LogP) is 0.918. The number of nitrogens with one attached hydrogen (secondary N) is 1. The van der Waals surface area contributed by atoms with Crippen molar-refractivity contribution in [2.24, 2.45) is 7.05 Å². The van der Waals surface area contributed by atoms with Crippen LogP contribution in [0.2, 0.25) is 0 Å². The van der Waals surface area contributed by atoms with Crippen LogP contribution < -0.4 is 15.8 Å². The number of anilines is 1. The number of rotatable bonds is 2. The SMILES string of the molecule is Cn1ccc(-c2cnc(N3CCNCC3)s2)cc1=O. The lowest BCUT2D eigenvalue weighted by molar-refractivity contribution is 0.588. The molecule has 0 spiro atoms. The third-order valence-electron chi connectivity index (χ3n) is 3.27. The number of nitrogens with zero attached hydrogens (tertiary/aromatic N) is 3. The summed E-state index contributed by atoms with van der Waals surface area (Å²) in [5, 5.41) is 4.37. The molecule has 0 unspecified atom stereocenters.